The van der Waals surface area contributed by atoms with E-state index in [1.807, 2.05) is 0 Å². The van der Waals surface area contributed by atoms with Crippen LogP contribution < -0.4 is 0 Å². The summed E-state index contributed by atoms with van der Waals surface area (Å²) in [5.74, 6) is 0. The SMILES string of the molecule is c1ccc(-c2ccc3c(-c4cc5ccccc5c5ccccc45)c4ccccc4c(-c4cccc5ccccc45)c3c2)cc1. The Labute approximate surface area is 256 Å². The third-order valence-corrected chi connectivity index (χ3v) is 9.23. The molecule has 0 aliphatic rings. The van der Waals surface area contributed by atoms with Crippen molar-refractivity contribution >= 4 is 53.9 Å². The van der Waals surface area contributed by atoms with E-state index in [2.05, 4.69) is 170 Å². The van der Waals surface area contributed by atoms with Gasteiger partial charge in [-0.05, 0) is 99.4 Å². The molecule has 9 aromatic carbocycles. The minimum atomic E-state index is 1.23. The van der Waals surface area contributed by atoms with Crippen molar-refractivity contribution in [2.75, 3.05) is 0 Å². The molecule has 204 valence electrons. The Morgan fingerprint density at radius 3 is 1.55 bits per heavy atom. The molecule has 0 aliphatic carbocycles. The lowest BCUT2D eigenvalue weighted by Crippen LogP contribution is -1.93. The van der Waals surface area contributed by atoms with Gasteiger partial charge in [-0.25, -0.2) is 0 Å². The van der Waals surface area contributed by atoms with Gasteiger partial charge in [0.15, 0.2) is 0 Å². The lowest BCUT2D eigenvalue weighted by Gasteiger charge is -2.21. The van der Waals surface area contributed by atoms with Gasteiger partial charge in [0.25, 0.3) is 0 Å². The van der Waals surface area contributed by atoms with Crippen LogP contribution in [0.15, 0.2) is 170 Å². The highest BCUT2D eigenvalue weighted by Gasteiger charge is 2.20. The van der Waals surface area contributed by atoms with Crippen LogP contribution in [0.25, 0.3) is 87.2 Å². The van der Waals surface area contributed by atoms with E-state index in [9.17, 15) is 0 Å². The average Bonchev–Trinajstić information content (AvgIpc) is 3.10. The molecule has 9 aromatic rings. The fraction of sp³-hybridized carbons (Fsp3) is 0. The molecule has 0 bridgehead atoms. The zero-order chi connectivity index (χ0) is 29.0. The predicted molar refractivity (Wildman–Crippen MR) is 190 cm³/mol. The van der Waals surface area contributed by atoms with Gasteiger partial charge in [0.2, 0.25) is 0 Å². The number of fused-ring (bicyclic) bond motifs is 6. The highest BCUT2D eigenvalue weighted by molar-refractivity contribution is 6.27. The van der Waals surface area contributed by atoms with Gasteiger partial charge in [-0.3, -0.25) is 0 Å². The normalized spacial score (nSPS) is 11.6. The van der Waals surface area contributed by atoms with Crippen molar-refractivity contribution in [2.24, 2.45) is 0 Å². The van der Waals surface area contributed by atoms with Crippen molar-refractivity contribution in [3.63, 3.8) is 0 Å². The maximum absolute atomic E-state index is 2.42. The summed E-state index contributed by atoms with van der Waals surface area (Å²) in [5.41, 5.74) is 7.58. The first-order valence-corrected chi connectivity index (χ1v) is 15.3. The average molecular weight is 557 g/mol. The summed E-state index contributed by atoms with van der Waals surface area (Å²) in [6.45, 7) is 0. The van der Waals surface area contributed by atoms with E-state index in [-0.39, 0.29) is 0 Å². The highest BCUT2D eigenvalue weighted by atomic mass is 14.2. The zero-order valence-corrected chi connectivity index (χ0v) is 24.2. The molecule has 0 spiro atoms. The standard InChI is InChI=1S/C44H28/c1-2-13-29(14-3-1)31-25-26-40-42(27-31)43(37-24-12-17-30-15-4-6-18-33(30)37)38-22-10-11-23-39(38)44(40)41-28-32-16-5-7-19-34(32)35-20-8-9-21-36(35)41/h1-28H. The van der Waals surface area contributed by atoms with Crippen LogP contribution in [0.4, 0.5) is 0 Å². The van der Waals surface area contributed by atoms with Crippen molar-refractivity contribution in [1.29, 1.82) is 0 Å². The Balaban J connectivity index is 1.50. The molecule has 0 atom stereocenters. The molecule has 0 aromatic heterocycles. The van der Waals surface area contributed by atoms with Crippen LogP contribution in [0.1, 0.15) is 0 Å². The molecule has 0 unspecified atom stereocenters. The third-order valence-electron chi connectivity index (χ3n) is 9.23. The Kier molecular flexibility index (Phi) is 5.61. The first-order chi connectivity index (χ1) is 21.8. The summed E-state index contributed by atoms with van der Waals surface area (Å²) in [4.78, 5) is 0. The quantitative estimate of drug-likeness (QED) is 0.150. The summed E-state index contributed by atoms with van der Waals surface area (Å²) in [7, 11) is 0. The molecular weight excluding hydrogens is 528 g/mol. The van der Waals surface area contributed by atoms with E-state index in [0.717, 1.165) is 0 Å². The summed E-state index contributed by atoms with van der Waals surface area (Å²) in [6, 6.07) is 62.3. The van der Waals surface area contributed by atoms with Crippen LogP contribution in [0.3, 0.4) is 0 Å². The molecule has 0 fully saturated rings. The van der Waals surface area contributed by atoms with E-state index in [0.29, 0.717) is 0 Å². The van der Waals surface area contributed by atoms with Crippen molar-refractivity contribution in [2.45, 2.75) is 0 Å². The van der Waals surface area contributed by atoms with Gasteiger partial charge in [0.05, 0.1) is 0 Å². The van der Waals surface area contributed by atoms with Gasteiger partial charge in [0.1, 0.15) is 0 Å². The number of rotatable bonds is 3. The fourth-order valence-electron chi connectivity index (χ4n) is 7.27. The highest BCUT2D eigenvalue weighted by Crippen LogP contribution is 2.48. The van der Waals surface area contributed by atoms with E-state index in [1.54, 1.807) is 0 Å². The largest absolute Gasteiger partial charge is 0.0622 e. The molecule has 0 nitrogen and oxygen atoms in total. The number of hydrogen-bond acceptors (Lipinski definition) is 0. The molecule has 9 rings (SSSR count). The minimum absolute atomic E-state index is 1.23. The van der Waals surface area contributed by atoms with Crippen LogP contribution >= 0.6 is 0 Å². The number of benzene rings is 9. The van der Waals surface area contributed by atoms with Crippen LogP contribution in [0.5, 0.6) is 0 Å². The molecule has 0 heterocycles. The maximum atomic E-state index is 2.42. The van der Waals surface area contributed by atoms with Crippen LogP contribution in [-0.2, 0) is 0 Å². The molecule has 44 heavy (non-hydrogen) atoms. The number of hydrogen-bond donors (Lipinski definition) is 0. The summed E-state index contributed by atoms with van der Waals surface area (Å²) < 4.78 is 0. The Morgan fingerprint density at radius 1 is 0.227 bits per heavy atom. The van der Waals surface area contributed by atoms with Gasteiger partial charge in [-0.1, -0.05) is 158 Å². The predicted octanol–water partition coefficient (Wildman–Crippen LogP) is 12.5. The van der Waals surface area contributed by atoms with Gasteiger partial charge in [0, 0.05) is 0 Å². The Bertz CT molecular complexity index is 2530. The van der Waals surface area contributed by atoms with Crippen molar-refractivity contribution in [1.82, 2.24) is 0 Å². The zero-order valence-electron chi connectivity index (χ0n) is 24.2. The molecule has 0 radical (unpaired) electrons. The molecular formula is C44H28. The maximum Gasteiger partial charge on any atom is -0.00199 e. The molecule has 0 aliphatic heterocycles. The van der Waals surface area contributed by atoms with E-state index in [1.165, 1.54) is 87.2 Å². The van der Waals surface area contributed by atoms with Gasteiger partial charge < -0.3 is 0 Å². The molecule has 0 amide bonds. The van der Waals surface area contributed by atoms with E-state index >= 15 is 0 Å². The summed E-state index contributed by atoms with van der Waals surface area (Å²) in [5, 5.41) is 12.7. The third kappa shape index (κ3) is 3.78. The van der Waals surface area contributed by atoms with Crippen molar-refractivity contribution < 1.29 is 0 Å². The second-order valence-electron chi connectivity index (χ2n) is 11.6. The van der Waals surface area contributed by atoms with Crippen molar-refractivity contribution in [3.05, 3.63) is 170 Å². The van der Waals surface area contributed by atoms with Crippen LogP contribution in [-0.4, -0.2) is 0 Å². The molecule has 0 saturated heterocycles. The monoisotopic (exact) mass is 556 g/mol. The van der Waals surface area contributed by atoms with Gasteiger partial charge in [-0.15, -0.1) is 0 Å². The fourth-order valence-corrected chi connectivity index (χ4v) is 7.27. The molecule has 0 heteroatoms. The van der Waals surface area contributed by atoms with Gasteiger partial charge >= 0.3 is 0 Å². The lowest BCUT2D eigenvalue weighted by atomic mass is 9.82. The van der Waals surface area contributed by atoms with Crippen LogP contribution in [0, 0.1) is 0 Å². The topological polar surface area (TPSA) is 0 Å². The molecule has 0 N–H and O–H groups in total. The second kappa shape index (κ2) is 9.93. The molecule has 0 saturated carbocycles. The van der Waals surface area contributed by atoms with E-state index < -0.39 is 0 Å². The first kappa shape index (κ1) is 24.8. The summed E-state index contributed by atoms with van der Waals surface area (Å²) in [6.07, 6.45) is 0. The van der Waals surface area contributed by atoms with Crippen molar-refractivity contribution in [3.8, 4) is 33.4 Å². The Hall–Kier alpha value is -5.72. The lowest BCUT2D eigenvalue weighted by molar-refractivity contribution is 1.64. The minimum Gasteiger partial charge on any atom is -0.0622 e. The summed E-state index contributed by atoms with van der Waals surface area (Å²) >= 11 is 0. The smallest absolute Gasteiger partial charge is 0.00199 e. The Morgan fingerprint density at radius 2 is 0.773 bits per heavy atom. The van der Waals surface area contributed by atoms with Gasteiger partial charge in [-0.2, -0.15) is 0 Å². The second-order valence-corrected chi connectivity index (χ2v) is 11.6. The first-order valence-electron chi connectivity index (χ1n) is 15.3. The van der Waals surface area contributed by atoms with Crippen LogP contribution in [0.2, 0.25) is 0 Å². The van der Waals surface area contributed by atoms with E-state index in [4.69, 9.17) is 0 Å².